The fourth-order valence-electron chi connectivity index (χ4n) is 2.92. The van der Waals surface area contributed by atoms with Crippen LogP contribution in [0.4, 0.5) is 0 Å². The lowest BCUT2D eigenvalue weighted by molar-refractivity contribution is 0.306. The van der Waals surface area contributed by atoms with Crippen LogP contribution in [0.1, 0.15) is 17.0 Å². The van der Waals surface area contributed by atoms with E-state index in [4.69, 9.17) is 13.9 Å². The highest BCUT2D eigenvalue weighted by molar-refractivity contribution is 5.53. The standard InChI is InChI=1S/C21H20NO3/c1-15-19(22-21(25-15)17-6-3-2-4-7-17)11-13-23-18-10-9-16-8-5-12-24-20(16)14-18/h2-7,9-10,14H,8,11-13H2,1H3. The molecule has 127 valence electrons. The Kier molecular flexibility index (Phi) is 4.42. The van der Waals surface area contributed by atoms with Crippen molar-refractivity contribution in [1.29, 1.82) is 0 Å². The molecule has 1 radical (unpaired) electrons. The zero-order valence-corrected chi connectivity index (χ0v) is 14.2. The summed E-state index contributed by atoms with van der Waals surface area (Å²) in [5, 5.41) is 0. The van der Waals surface area contributed by atoms with Crippen LogP contribution in [0.3, 0.4) is 0 Å². The van der Waals surface area contributed by atoms with E-state index < -0.39 is 0 Å². The van der Waals surface area contributed by atoms with E-state index in [1.54, 1.807) is 0 Å². The van der Waals surface area contributed by atoms with Gasteiger partial charge in [-0.15, -0.1) is 0 Å². The van der Waals surface area contributed by atoms with Gasteiger partial charge in [-0.1, -0.05) is 24.3 Å². The van der Waals surface area contributed by atoms with Gasteiger partial charge in [-0.25, -0.2) is 4.98 Å². The van der Waals surface area contributed by atoms with Crippen molar-refractivity contribution in [2.75, 3.05) is 13.2 Å². The van der Waals surface area contributed by atoms with Crippen molar-refractivity contribution in [2.24, 2.45) is 0 Å². The van der Waals surface area contributed by atoms with Gasteiger partial charge in [0, 0.05) is 24.5 Å². The first kappa shape index (κ1) is 15.8. The van der Waals surface area contributed by atoms with E-state index in [2.05, 4.69) is 17.5 Å². The lowest BCUT2D eigenvalue weighted by Crippen LogP contribution is -2.09. The summed E-state index contributed by atoms with van der Waals surface area (Å²) in [5.74, 6) is 3.24. The van der Waals surface area contributed by atoms with Crippen molar-refractivity contribution in [3.8, 4) is 23.0 Å². The van der Waals surface area contributed by atoms with Gasteiger partial charge in [-0.3, -0.25) is 0 Å². The second-order valence-corrected chi connectivity index (χ2v) is 6.06. The molecule has 0 fully saturated rings. The molecule has 0 bridgehead atoms. The first-order valence-electron chi connectivity index (χ1n) is 8.51. The van der Waals surface area contributed by atoms with E-state index in [0.717, 1.165) is 34.9 Å². The first-order valence-corrected chi connectivity index (χ1v) is 8.51. The third kappa shape index (κ3) is 3.53. The Hall–Kier alpha value is -2.75. The molecule has 2 heterocycles. The van der Waals surface area contributed by atoms with E-state index in [1.165, 1.54) is 5.56 Å². The van der Waals surface area contributed by atoms with Gasteiger partial charge in [0.25, 0.3) is 0 Å². The van der Waals surface area contributed by atoms with Crippen LogP contribution in [-0.4, -0.2) is 18.2 Å². The molecular weight excluding hydrogens is 314 g/mol. The number of nitrogens with zero attached hydrogens (tertiary/aromatic N) is 1. The molecule has 4 rings (SSSR count). The average Bonchev–Trinajstić information content (AvgIpc) is 3.03. The van der Waals surface area contributed by atoms with Crippen molar-refractivity contribution >= 4 is 0 Å². The summed E-state index contributed by atoms with van der Waals surface area (Å²) in [7, 11) is 0. The Morgan fingerprint density at radius 3 is 2.88 bits per heavy atom. The normalized spacial score (nSPS) is 13.2. The monoisotopic (exact) mass is 334 g/mol. The minimum Gasteiger partial charge on any atom is -0.493 e. The van der Waals surface area contributed by atoms with Crippen molar-refractivity contribution in [3.05, 3.63) is 72.0 Å². The second kappa shape index (κ2) is 7.01. The zero-order valence-electron chi connectivity index (χ0n) is 14.2. The lowest BCUT2D eigenvalue weighted by atomic mass is 10.1. The molecule has 2 aromatic carbocycles. The quantitative estimate of drug-likeness (QED) is 0.693. The number of aromatic nitrogens is 1. The predicted molar refractivity (Wildman–Crippen MR) is 95.8 cm³/mol. The molecule has 4 nitrogen and oxygen atoms in total. The van der Waals surface area contributed by atoms with Gasteiger partial charge in [0.1, 0.15) is 17.3 Å². The summed E-state index contributed by atoms with van der Waals surface area (Å²) < 4.78 is 17.3. The minimum absolute atomic E-state index is 0.548. The Labute approximate surface area is 147 Å². The average molecular weight is 334 g/mol. The molecule has 0 amide bonds. The SMILES string of the molecule is Cc1oc(-c2ccccc2)nc1CCOc1ccc2c(c1)OC[CH]C2. The molecule has 1 aromatic heterocycles. The number of aryl methyl sites for hydroxylation is 1. The maximum Gasteiger partial charge on any atom is 0.226 e. The largest absolute Gasteiger partial charge is 0.493 e. The van der Waals surface area contributed by atoms with Gasteiger partial charge in [0.15, 0.2) is 0 Å². The fraction of sp³-hybridized carbons (Fsp3) is 0.238. The predicted octanol–water partition coefficient (Wildman–Crippen LogP) is 4.41. The van der Waals surface area contributed by atoms with Crippen molar-refractivity contribution in [2.45, 2.75) is 19.8 Å². The molecule has 0 N–H and O–H groups in total. The van der Waals surface area contributed by atoms with E-state index in [-0.39, 0.29) is 0 Å². The summed E-state index contributed by atoms with van der Waals surface area (Å²) in [6.07, 6.45) is 3.78. The van der Waals surface area contributed by atoms with Crippen LogP contribution in [0.25, 0.3) is 11.5 Å². The third-order valence-corrected chi connectivity index (χ3v) is 4.28. The molecule has 25 heavy (non-hydrogen) atoms. The molecule has 3 aromatic rings. The third-order valence-electron chi connectivity index (χ3n) is 4.28. The van der Waals surface area contributed by atoms with E-state index in [9.17, 15) is 0 Å². The number of ether oxygens (including phenoxy) is 2. The van der Waals surface area contributed by atoms with Crippen LogP contribution in [0.15, 0.2) is 52.9 Å². The van der Waals surface area contributed by atoms with Crippen LogP contribution in [0, 0.1) is 13.3 Å². The first-order chi connectivity index (χ1) is 12.3. The summed E-state index contributed by atoms with van der Waals surface area (Å²) in [6, 6.07) is 16.0. The fourth-order valence-corrected chi connectivity index (χ4v) is 2.92. The molecule has 0 saturated carbocycles. The highest BCUT2D eigenvalue weighted by Crippen LogP contribution is 2.29. The van der Waals surface area contributed by atoms with Gasteiger partial charge in [0.05, 0.1) is 18.9 Å². The summed E-state index contributed by atoms with van der Waals surface area (Å²) in [5.41, 5.74) is 3.13. The van der Waals surface area contributed by atoms with Crippen LogP contribution in [0.2, 0.25) is 0 Å². The lowest BCUT2D eigenvalue weighted by Gasteiger charge is -2.17. The van der Waals surface area contributed by atoms with Crippen LogP contribution >= 0.6 is 0 Å². The topological polar surface area (TPSA) is 44.5 Å². The summed E-state index contributed by atoms with van der Waals surface area (Å²) in [6.45, 7) is 3.15. The van der Waals surface area contributed by atoms with Gasteiger partial charge < -0.3 is 13.9 Å². The molecular formula is C21H20NO3. The second-order valence-electron chi connectivity index (χ2n) is 6.06. The van der Waals surface area contributed by atoms with Gasteiger partial charge >= 0.3 is 0 Å². The maximum absolute atomic E-state index is 5.87. The smallest absolute Gasteiger partial charge is 0.226 e. The molecule has 1 aliphatic rings. The van der Waals surface area contributed by atoms with Crippen LogP contribution in [0.5, 0.6) is 11.5 Å². The van der Waals surface area contributed by atoms with Gasteiger partial charge in [-0.2, -0.15) is 0 Å². The van der Waals surface area contributed by atoms with Crippen molar-refractivity contribution in [1.82, 2.24) is 4.98 Å². The number of benzene rings is 2. The number of fused-ring (bicyclic) bond motifs is 1. The number of rotatable bonds is 5. The van der Waals surface area contributed by atoms with Crippen LogP contribution in [-0.2, 0) is 12.8 Å². The van der Waals surface area contributed by atoms with Crippen molar-refractivity contribution in [3.63, 3.8) is 0 Å². The number of oxazole rings is 1. The Balaban J connectivity index is 1.40. The molecule has 0 atom stereocenters. The van der Waals surface area contributed by atoms with Crippen molar-refractivity contribution < 1.29 is 13.9 Å². The minimum atomic E-state index is 0.548. The zero-order chi connectivity index (χ0) is 17.1. The molecule has 1 aliphatic heterocycles. The molecule has 0 aliphatic carbocycles. The summed E-state index contributed by atoms with van der Waals surface area (Å²) in [4.78, 5) is 4.61. The molecule has 0 spiro atoms. The summed E-state index contributed by atoms with van der Waals surface area (Å²) >= 11 is 0. The molecule has 0 saturated heterocycles. The highest BCUT2D eigenvalue weighted by Gasteiger charge is 2.13. The molecule has 0 unspecified atom stereocenters. The number of hydrogen-bond donors (Lipinski definition) is 0. The Morgan fingerprint density at radius 2 is 2.00 bits per heavy atom. The Bertz CT molecular complexity index is 855. The van der Waals surface area contributed by atoms with E-state index in [1.807, 2.05) is 49.4 Å². The van der Waals surface area contributed by atoms with Crippen LogP contribution < -0.4 is 9.47 Å². The Morgan fingerprint density at radius 1 is 1.12 bits per heavy atom. The van der Waals surface area contributed by atoms with Gasteiger partial charge in [0.2, 0.25) is 5.89 Å². The molecule has 4 heteroatoms. The van der Waals surface area contributed by atoms with Gasteiger partial charge in [-0.05, 0) is 37.1 Å². The number of hydrogen-bond acceptors (Lipinski definition) is 4. The van der Waals surface area contributed by atoms with E-state index >= 15 is 0 Å². The maximum atomic E-state index is 5.87. The highest BCUT2D eigenvalue weighted by atomic mass is 16.5. The van der Waals surface area contributed by atoms with E-state index in [0.29, 0.717) is 25.5 Å².